The Balaban J connectivity index is 1.62. The Morgan fingerprint density at radius 1 is 1.33 bits per heavy atom. The SMILES string of the molecule is CC1(C)NC(=O)N(CCNc2nccc(-c3ccc(Cl)s3)n2)C1=O. The molecule has 3 rings (SSSR count). The summed E-state index contributed by atoms with van der Waals surface area (Å²) in [6.07, 6.45) is 1.65. The lowest BCUT2D eigenvalue weighted by atomic mass is 10.1. The van der Waals surface area contributed by atoms with Gasteiger partial charge in [0.05, 0.1) is 14.9 Å². The number of aromatic nitrogens is 2. The predicted octanol–water partition coefficient (Wildman–Crippen LogP) is 2.60. The second-order valence-electron chi connectivity index (χ2n) is 5.81. The lowest BCUT2D eigenvalue weighted by Gasteiger charge is -2.16. The summed E-state index contributed by atoms with van der Waals surface area (Å²) in [6, 6.07) is 5.13. The molecule has 24 heavy (non-hydrogen) atoms. The Labute approximate surface area is 148 Å². The number of carbonyl (C=O) groups excluding carboxylic acids is 2. The molecule has 1 aliphatic heterocycles. The quantitative estimate of drug-likeness (QED) is 0.795. The van der Waals surface area contributed by atoms with Gasteiger partial charge in [-0.3, -0.25) is 9.69 Å². The zero-order chi connectivity index (χ0) is 17.3. The van der Waals surface area contributed by atoms with Crippen LogP contribution in [0.2, 0.25) is 4.34 Å². The van der Waals surface area contributed by atoms with Crippen molar-refractivity contribution in [3.05, 3.63) is 28.7 Å². The van der Waals surface area contributed by atoms with Crippen molar-refractivity contribution in [3.63, 3.8) is 0 Å². The molecule has 7 nitrogen and oxygen atoms in total. The van der Waals surface area contributed by atoms with Crippen molar-refractivity contribution < 1.29 is 9.59 Å². The summed E-state index contributed by atoms with van der Waals surface area (Å²) in [4.78, 5) is 34.6. The molecule has 2 N–H and O–H groups in total. The summed E-state index contributed by atoms with van der Waals surface area (Å²) in [5.41, 5.74) is -0.0908. The molecule has 1 fully saturated rings. The van der Waals surface area contributed by atoms with E-state index in [0.717, 1.165) is 10.6 Å². The smallest absolute Gasteiger partial charge is 0.325 e. The number of nitrogens with zero attached hydrogens (tertiary/aromatic N) is 3. The summed E-state index contributed by atoms with van der Waals surface area (Å²) in [6.45, 7) is 3.97. The van der Waals surface area contributed by atoms with Gasteiger partial charge in [0, 0.05) is 19.3 Å². The number of thiophene rings is 1. The van der Waals surface area contributed by atoms with Crippen LogP contribution in [-0.2, 0) is 4.79 Å². The number of hydrogen-bond acceptors (Lipinski definition) is 6. The van der Waals surface area contributed by atoms with Crippen molar-refractivity contribution in [2.75, 3.05) is 18.4 Å². The number of carbonyl (C=O) groups is 2. The summed E-state index contributed by atoms with van der Waals surface area (Å²) in [5, 5.41) is 5.67. The Kier molecular flexibility index (Phi) is 4.42. The molecule has 2 aromatic rings. The molecule has 3 amide bonds. The number of anilines is 1. The number of halogens is 1. The Morgan fingerprint density at radius 2 is 2.12 bits per heavy atom. The highest BCUT2D eigenvalue weighted by Crippen LogP contribution is 2.29. The number of rotatable bonds is 5. The molecular formula is C15H16ClN5O2S. The van der Waals surface area contributed by atoms with Crippen molar-refractivity contribution in [2.24, 2.45) is 0 Å². The van der Waals surface area contributed by atoms with E-state index in [4.69, 9.17) is 11.6 Å². The maximum Gasteiger partial charge on any atom is 0.325 e. The minimum atomic E-state index is -0.855. The van der Waals surface area contributed by atoms with E-state index >= 15 is 0 Å². The van der Waals surface area contributed by atoms with Crippen LogP contribution in [0.5, 0.6) is 0 Å². The van der Waals surface area contributed by atoms with Gasteiger partial charge in [0.2, 0.25) is 5.95 Å². The first-order valence-electron chi connectivity index (χ1n) is 7.33. The van der Waals surface area contributed by atoms with Gasteiger partial charge >= 0.3 is 6.03 Å². The molecule has 0 radical (unpaired) electrons. The minimum Gasteiger partial charge on any atom is -0.352 e. The first-order chi connectivity index (χ1) is 11.4. The van der Waals surface area contributed by atoms with Gasteiger partial charge in [-0.1, -0.05) is 11.6 Å². The number of nitrogens with one attached hydrogen (secondary N) is 2. The van der Waals surface area contributed by atoms with Crippen molar-refractivity contribution in [2.45, 2.75) is 19.4 Å². The maximum absolute atomic E-state index is 12.1. The van der Waals surface area contributed by atoms with Gasteiger partial charge < -0.3 is 10.6 Å². The van der Waals surface area contributed by atoms with E-state index in [1.807, 2.05) is 12.1 Å². The van der Waals surface area contributed by atoms with Crippen LogP contribution >= 0.6 is 22.9 Å². The van der Waals surface area contributed by atoms with Crippen LogP contribution < -0.4 is 10.6 Å². The lowest BCUT2D eigenvalue weighted by molar-refractivity contribution is -0.130. The molecular weight excluding hydrogens is 350 g/mol. The van der Waals surface area contributed by atoms with Gasteiger partial charge in [-0.2, -0.15) is 0 Å². The van der Waals surface area contributed by atoms with Gasteiger partial charge in [-0.15, -0.1) is 11.3 Å². The summed E-state index contributed by atoms with van der Waals surface area (Å²) in [7, 11) is 0. The number of amides is 3. The molecule has 0 atom stereocenters. The molecule has 0 saturated carbocycles. The third-order valence-corrected chi connectivity index (χ3v) is 4.80. The van der Waals surface area contributed by atoms with Crippen LogP contribution in [0.1, 0.15) is 13.8 Å². The zero-order valence-corrected chi connectivity index (χ0v) is 14.7. The van der Waals surface area contributed by atoms with Crippen LogP contribution in [-0.4, -0.2) is 45.4 Å². The molecule has 0 aromatic carbocycles. The van der Waals surface area contributed by atoms with Crippen LogP contribution in [0.3, 0.4) is 0 Å². The molecule has 1 aliphatic rings. The summed E-state index contributed by atoms with van der Waals surface area (Å²) in [5.74, 6) is 0.195. The second-order valence-corrected chi connectivity index (χ2v) is 7.52. The van der Waals surface area contributed by atoms with E-state index < -0.39 is 5.54 Å². The normalized spacial score (nSPS) is 16.4. The third-order valence-electron chi connectivity index (χ3n) is 3.54. The molecule has 0 bridgehead atoms. The zero-order valence-electron chi connectivity index (χ0n) is 13.2. The second kappa shape index (κ2) is 6.37. The molecule has 2 aromatic heterocycles. The van der Waals surface area contributed by atoms with Crippen LogP contribution in [0.25, 0.3) is 10.6 Å². The average Bonchev–Trinajstić information content (AvgIpc) is 3.04. The third kappa shape index (κ3) is 3.34. The van der Waals surface area contributed by atoms with Crippen molar-refractivity contribution >= 4 is 40.8 Å². The monoisotopic (exact) mass is 365 g/mol. The summed E-state index contributed by atoms with van der Waals surface area (Å²) >= 11 is 7.38. The Hall–Kier alpha value is -2.19. The number of urea groups is 1. The lowest BCUT2D eigenvalue weighted by Crippen LogP contribution is -2.40. The van der Waals surface area contributed by atoms with E-state index in [-0.39, 0.29) is 18.5 Å². The van der Waals surface area contributed by atoms with Crippen molar-refractivity contribution in [3.8, 4) is 10.6 Å². The maximum atomic E-state index is 12.1. The topological polar surface area (TPSA) is 87.2 Å². The minimum absolute atomic E-state index is 0.239. The number of hydrogen-bond donors (Lipinski definition) is 2. The highest BCUT2D eigenvalue weighted by atomic mass is 35.5. The molecule has 1 saturated heterocycles. The van der Waals surface area contributed by atoms with Gasteiger partial charge in [-0.25, -0.2) is 14.8 Å². The fourth-order valence-electron chi connectivity index (χ4n) is 2.33. The standard InChI is InChI=1S/C15H16ClN5O2S/c1-15(2)12(22)21(14(23)20-15)8-7-18-13-17-6-5-9(19-13)10-3-4-11(16)24-10/h3-6H,7-8H2,1-2H3,(H,20,23)(H,17,18,19). The van der Waals surface area contributed by atoms with E-state index in [2.05, 4.69) is 20.6 Å². The van der Waals surface area contributed by atoms with Gasteiger partial charge in [-0.05, 0) is 32.0 Å². The molecule has 0 spiro atoms. The molecule has 9 heteroatoms. The Morgan fingerprint density at radius 3 is 2.75 bits per heavy atom. The average molecular weight is 366 g/mol. The molecule has 126 valence electrons. The highest BCUT2D eigenvalue weighted by molar-refractivity contribution is 7.19. The molecule has 3 heterocycles. The predicted molar refractivity (Wildman–Crippen MR) is 93.2 cm³/mol. The van der Waals surface area contributed by atoms with Gasteiger partial charge in [0.1, 0.15) is 5.54 Å². The highest BCUT2D eigenvalue weighted by Gasteiger charge is 2.43. The van der Waals surface area contributed by atoms with Crippen LogP contribution in [0, 0.1) is 0 Å². The van der Waals surface area contributed by atoms with E-state index in [1.54, 1.807) is 26.1 Å². The largest absolute Gasteiger partial charge is 0.352 e. The first kappa shape index (κ1) is 16.7. The molecule has 0 unspecified atom stereocenters. The fourth-order valence-corrected chi connectivity index (χ4v) is 3.35. The number of imide groups is 1. The van der Waals surface area contributed by atoms with E-state index in [9.17, 15) is 9.59 Å². The van der Waals surface area contributed by atoms with E-state index in [0.29, 0.717) is 16.8 Å². The van der Waals surface area contributed by atoms with Gasteiger partial charge in [0.15, 0.2) is 0 Å². The first-order valence-corrected chi connectivity index (χ1v) is 8.53. The molecule has 0 aliphatic carbocycles. The van der Waals surface area contributed by atoms with Crippen molar-refractivity contribution in [1.29, 1.82) is 0 Å². The fraction of sp³-hybridized carbons (Fsp3) is 0.333. The van der Waals surface area contributed by atoms with Crippen LogP contribution in [0.15, 0.2) is 24.4 Å². The summed E-state index contributed by atoms with van der Waals surface area (Å²) < 4.78 is 0.694. The van der Waals surface area contributed by atoms with Crippen LogP contribution in [0.4, 0.5) is 10.7 Å². The van der Waals surface area contributed by atoms with Gasteiger partial charge in [0.25, 0.3) is 5.91 Å². The van der Waals surface area contributed by atoms with Crippen molar-refractivity contribution in [1.82, 2.24) is 20.2 Å². The van der Waals surface area contributed by atoms with E-state index in [1.165, 1.54) is 16.2 Å². The Bertz CT molecular complexity index is 792.